The fourth-order valence-corrected chi connectivity index (χ4v) is 3.25. The van der Waals surface area contributed by atoms with E-state index in [-0.39, 0.29) is 17.3 Å². The Hall–Kier alpha value is -1.61. The molecule has 3 heteroatoms. The third-order valence-corrected chi connectivity index (χ3v) is 4.18. The molecule has 0 fully saturated rings. The summed E-state index contributed by atoms with van der Waals surface area (Å²) in [6.45, 7) is 7.20. The second kappa shape index (κ2) is 5.30. The van der Waals surface area contributed by atoms with Crippen molar-refractivity contribution in [1.82, 2.24) is 5.32 Å². The standard InChI is InChI=1S/C18H22FNO/c1-12-7-15-16(9-18(2,3)10-17(15)21-12)20-11-13-5-4-6-14(19)8-13/h4-8,16,20H,9-11H2,1-3H3. The number of rotatable bonds is 3. The molecule has 1 atom stereocenters. The molecular formula is C18H22FNO. The van der Waals surface area contributed by atoms with Crippen molar-refractivity contribution < 1.29 is 8.81 Å². The van der Waals surface area contributed by atoms with Crippen LogP contribution in [0.5, 0.6) is 0 Å². The Morgan fingerprint density at radius 3 is 2.90 bits per heavy atom. The molecule has 2 aromatic rings. The maximum Gasteiger partial charge on any atom is 0.123 e. The third-order valence-electron chi connectivity index (χ3n) is 4.18. The maximum atomic E-state index is 13.3. The van der Waals surface area contributed by atoms with E-state index in [1.807, 2.05) is 13.0 Å². The molecule has 0 bridgehead atoms. The van der Waals surface area contributed by atoms with Gasteiger partial charge in [0.25, 0.3) is 0 Å². The van der Waals surface area contributed by atoms with Crippen molar-refractivity contribution in [1.29, 1.82) is 0 Å². The predicted octanol–water partition coefficient (Wildman–Crippen LogP) is 4.53. The van der Waals surface area contributed by atoms with E-state index in [9.17, 15) is 4.39 Å². The lowest BCUT2D eigenvalue weighted by Gasteiger charge is -2.35. The van der Waals surface area contributed by atoms with E-state index in [0.29, 0.717) is 6.54 Å². The van der Waals surface area contributed by atoms with Crippen LogP contribution in [0.4, 0.5) is 4.39 Å². The SMILES string of the molecule is Cc1cc2c(o1)CC(C)(C)CC2NCc1cccc(F)c1. The molecule has 112 valence electrons. The summed E-state index contributed by atoms with van der Waals surface area (Å²) in [5, 5.41) is 3.56. The Balaban J connectivity index is 1.78. The van der Waals surface area contributed by atoms with Crippen molar-refractivity contribution in [2.24, 2.45) is 5.41 Å². The molecule has 1 N–H and O–H groups in total. The number of halogens is 1. The lowest BCUT2D eigenvalue weighted by atomic mass is 9.74. The molecule has 1 aromatic carbocycles. The first-order valence-electron chi connectivity index (χ1n) is 7.50. The van der Waals surface area contributed by atoms with E-state index >= 15 is 0 Å². The van der Waals surface area contributed by atoms with Crippen LogP contribution in [0.25, 0.3) is 0 Å². The normalized spacial score (nSPS) is 20.3. The van der Waals surface area contributed by atoms with E-state index in [4.69, 9.17) is 4.42 Å². The minimum Gasteiger partial charge on any atom is -0.466 e. The van der Waals surface area contributed by atoms with Gasteiger partial charge >= 0.3 is 0 Å². The van der Waals surface area contributed by atoms with Gasteiger partial charge in [0.2, 0.25) is 0 Å². The zero-order valence-electron chi connectivity index (χ0n) is 12.9. The largest absolute Gasteiger partial charge is 0.466 e. The van der Waals surface area contributed by atoms with Crippen LogP contribution in [0, 0.1) is 18.2 Å². The average molecular weight is 287 g/mol. The van der Waals surface area contributed by atoms with Gasteiger partial charge in [-0.15, -0.1) is 0 Å². The molecular weight excluding hydrogens is 265 g/mol. The zero-order valence-corrected chi connectivity index (χ0v) is 12.9. The van der Waals surface area contributed by atoms with E-state index in [2.05, 4.69) is 25.2 Å². The molecule has 0 spiro atoms. The fraction of sp³-hybridized carbons (Fsp3) is 0.444. The van der Waals surface area contributed by atoms with Gasteiger partial charge in [-0.05, 0) is 42.5 Å². The summed E-state index contributed by atoms with van der Waals surface area (Å²) in [5.41, 5.74) is 2.46. The van der Waals surface area contributed by atoms with Crippen LogP contribution < -0.4 is 5.32 Å². The highest BCUT2D eigenvalue weighted by Crippen LogP contribution is 2.42. The minimum absolute atomic E-state index is 0.182. The highest BCUT2D eigenvalue weighted by atomic mass is 19.1. The number of furan rings is 1. The number of fused-ring (bicyclic) bond motifs is 1. The van der Waals surface area contributed by atoms with Crippen LogP contribution in [0.15, 0.2) is 34.7 Å². The van der Waals surface area contributed by atoms with Crippen molar-refractivity contribution in [3.8, 4) is 0 Å². The quantitative estimate of drug-likeness (QED) is 0.897. The van der Waals surface area contributed by atoms with Crippen LogP contribution in [0.2, 0.25) is 0 Å². The Kier molecular flexibility index (Phi) is 3.62. The van der Waals surface area contributed by atoms with Gasteiger partial charge in [-0.2, -0.15) is 0 Å². The first-order chi connectivity index (χ1) is 9.93. The Labute approximate surface area is 125 Å². The van der Waals surface area contributed by atoms with Gasteiger partial charge in [0.1, 0.15) is 17.3 Å². The van der Waals surface area contributed by atoms with Gasteiger partial charge in [-0.1, -0.05) is 26.0 Å². The molecule has 1 aliphatic rings. The molecule has 1 heterocycles. The average Bonchev–Trinajstić information content (AvgIpc) is 2.75. The molecule has 0 saturated carbocycles. The molecule has 2 nitrogen and oxygen atoms in total. The van der Waals surface area contributed by atoms with Gasteiger partial charge in [-0.25, -0.2) is 4.39 Å². The van der Waals surface area contributed by atoms with Crippen molar-refractivity contribution in [2.45, 2.75) is 46.2 Å². The van der Waals surface area contributed by atoms with Crippen molar-refractivity contribution in [3.63, 3.8) is 0 Å². The summed E-state index contributed by atoms with van der Waals surface area (Å²) in [6, 6.07) is 9.17. The molecule has 0 amide bonds. The summed E-state index contributed by atoms with van der Waals surface area (Å²) in [6.07, 6.45) is 2.04. The Morgan fingerprint density at radius 2 is 2.14 bits per heavy atom. The summed E-state index contributed by atoms with van der Waals surface area (Å²) in [7, 11) is 0. The Morgan fingerprint density at radius 1 is 1.33 bits per heavy atom. The number of hydrogen-bond acceptors (Lipinski definition) is 2. The number of aryl methyl sites for hydroxylation is 1. The highest BCUT2D eigenvalue weighted by Gasteiger charge is 2.34. The Bertz CT molecular complexity index is 644. The monoisotopic (exact) mass is 287 g/mol. The fourth-order valence-electron chi connectivity index (χ4n) is 3.25. The highest BCUT2D eigenvalue weighted by molar-refractivity contribution is 5.29. The molecule has 3 rings (SSSR count). The smallest absolute Gasteiger partial charge is 0.123 e. The lowest BCUT2D eigenvalue weighted by Crippen LogP contribution is -2.32. The lowest BCUT2D eigenvalue weighted by molar-refractivity contribution is 0.233. The number of hydrogen-bond donors (Lipinski definition) is 1. The molecule has 0 aliphatic heterocycles. The number of benzene rings is 1. The van der Waals surface area contributed by atoms with Crippen molar-refractivity contribution in [2.75, 3.05) is 0 Å². The molecule has 0 radical (unpaired) electrons. The minimum atomic E-state index is -0.182. The van der Waals surface area contributed by atoms with Gasteiger partial charge in [0, 0.05) is 24.6 Å². The second-order valence-electron chi connectivity index (χ2n) is 6.84. The first-order valence-corrected chi connectivity index (χ1v) is 7.50. The van der Waals surface area contributed by atoms with E-state index in [1.165, 1.54) is 11.6 Å². The van der Waals surface area contributed by atoms with Crippen LogP contribution in [0.1, 0.15) is 49.0 Å². The topological polar surface area (TPSA) is 25.2 Å². The third kappa shape index (κ3) is 3.18. The van der Waals surface area contributed by atoms with Gasteiger partial charge in [0.15, 0.2) is 0 Å². The second-order valence-corrected chi connectivity index (χ2v) is 6.84. The predicted molar refractivity (Wildman–Crippen MR) is 81.5 cm³/mol. The molecule has 1 aromatic heterocycles. The van der Waals surface area contributed by atoms with Crippen LogP contribution in [0.3, 0.4) is 0 Å². The molecule has 1 aliphatic carbocycles. The number of nitrogens with one attached hydrogen (secondary N) is 1. The van der Waals surface area contributed by atoms with E-state index in [1.54, 1.807) is 12.1 Å². The van der Waals surface area contributed by atoms with Gasteiger partial charge < -0.3 is 9.73 Å². The first kappa shape index (κ1) is 14.3. The molecule has 21 heavy (non-hydrogen) atoms. The van der Waals surface area contributed by atoms with E-state index < -0.39 is 0 Å². The van der Waals surface area contributed by atoms with Gasteiger partial charge in [-0.3, -0.25) is 0 Å². The summed E-state index contributed by atoms with van der Waals surface area (Å²) < 4.78 is 19.1. The van der Waals surface area contributed by atoms with Gasteiger partial charge in [0.05, 0.1) is 0 Å². The summed E-state index contributed by atoms with van der Waals surface area (Å²) >= 11 is 0. The summed E-state index contributed by atoms with van der Waals surface area (Å²) in [5.74, 6) is 1.88. The van der Waals surface area contributed by atoms with Crippen molar-refractivity contribution >= 4 is 0 Å². The zero-order chi connectivity index (χ0) is 15.0. The molecule has 1 unspecified atom stereocenters. The van der Waals surface area contributed by atoms with Crippen molar-refractivity contribution in [3.05, 3.63) is 58.8 Å². The maximum absolute atomic E-state index is 13.3. The summed E-state index contributed by atoms with van der Waals surface area (Å²) in [4.78, 5) is 0. The van der Waals surface area contributed by atoms with Crippen LogP contribution >= 0.6 is 0 Å². The van der Waals surface area contributed by atoms with E-state index in [0.717, 1.165) is 29.9 Å². The van der Waals surface area contributed by atoms with Crippen LogP contribution in [-0.2, 0) is 13.0 Å². The van der Waals surface area contributed by atoms with Crippen LogP contribution in [-0.4, -0.2) is 0 Å². The molecule has 0 saturated heterocycles.